The highest BCUT2D eigenvalue weighted by Gasteiger charge is 2.36. The summed E-state index contributed by atoms with van der Waals surface area (Å²) in [7, 11) is 1.77. The summed E-state index contributed by atoms with van der Waals surface area (Å²) in [6.07, 6.45) is 3.21. The lowest BCUT2D eigenvalue weighted by Crippen LogP contribution is -2.48. The van der Waals surface area contributed by atoms with E-state index in [0.717, 1.165) is 11.3 Å². The first-order valence-corrected chi connectivity index (χ1v) is 7.65. The molecule has 0 unspecified atom stereocenters. The SMILES string of the molecule is CC(C)[C@H]1C(=O)Nc2ccccc2CN1C(=O)c1cnn(C)c1. The van der Waals surface area contributed by atoms with Crippen molar-refractivity contribution in [1.29, 1.82) is 0 Å². The van der Waals surface area contributed by atoms with Crippen molar-refractivity contribution in [2.75, 3.05) is 5.32 Å². The molecule has 0 aliphatic carbocycles. The maximum Gasteiger partial charge on any atom is 0.258 e. The molecule has 1 aromatic carbocycles. The second-order valence-electron chi connectivity index (χ2n) is 6.17. The van der Waals surface area contributed by atoms with Crippen molar-refractivity contribution in [1.82, 2.24) is 14.7 Å². The van der Waals surface area contributed by atoms with E-state index in [4.69, 9.17) is 0 Å². The van der Waals surface area contributed by atoms with E-state index in [2.05, 4.69) is 10.4 Å². The largest absolute Gasteiger partial charge is 0.324 e. The maximum atomic E-state index is 12.9. The van der Waals surface area contributed by atoms with E-state index >= 15 is 0 Å². The third kappa shape index (κ3) is 2.84. The van der Waals surface area contributed by atoms with Gasteiger partial charge in [-0.2, -0.15) is 5.10 Å². The Labute approximate surface area is 135 Å². The summed E-state index contributed by atoms with van der Waals surface area (Å²) in [6.45, 7) is 4.29. The molecule has 2 amide bonds. The number of fused-ring (bicyclic) bond motifs is 1. The fourth-order valence-corrected chi connectivity index (χ4v) is 2.97. The first kappa shape index (κ1) is 15.3. The van der Waals surface area contributed by atoms with Gasteiger partial charge in [0, 0.05) is 25.5 Å². The Kier molecular flexibility index (Phi) is 3.90. The first-order chi connectivity index (χ1) is 11.0. The number of anilines is 1. The number of para-hydroxylation sites is 1. The first-order valence-electron chi connectivity index (χ1n) is 7.65. The Hall–Kier alpha value is -2.63. The third-order valence-electron chi connectivity index (χ3n) is 4.06. The molecule has 23 heavy (non-hydrogen) atoms. The zero-order valence-electron chi connectivity index (χ0n) is 13.5. The Morgan fingerprint density at radius 2 is 2.09 bits per heavy atom. The normalized spacial score (nSPS) is 17.7. The molecule has 0 saturated heterocycles. The van der Waals surface area contributed by atoms with E-state index in [1.165, 1.54) is 6.20 Å². The van der Waals surface area contributed by atoms with Gasteiger partial charge >= 0.3 is 0 Å². The van der Waals surface area contributed by atoms with E-state index in [-0.39, 0.29) is 17.7 Å². The van der Waals surface area contributed by atoms with Gasteiger partial charge in [-0.15, -0.1) is 0 Å². The molecule has 2 aromatic rings. The summed E-state index contributed by atoms with van der Waals surface area (Å²) in [4.78, 5) is 27.2. The van der Waals surface area contributed by atoms with Crippen LogP contribution in [0.5, 0.6) is 0 Å². The van der Waals surface area contributed by atoms with Crippen molar-refractivity contribution < 1.29 is 9.59 Å². The quantitative estimate of drug-likeness (QED) is 0.923. The number of carbonyl (C=O) groups excluding carboxylic acids is 2. The predicted octanol–water partition coefficient (Wildman–Crippen LogP) is 2.04. The van der Waals surface area contributed by atoms with Gasteiger partial charge in [-0.3, -0.25) is 14.3 Å². The zero-order chi connectivity index (χ0) is 16.6. The predicted molar refractivity (Wildman–Crippen MR) is 86.8 cm³/mol. The van der Waals surface area contributed by atoms with Crippen LogP contribution in [0.25, 0.3) is 0 Å². The van der Waals surface area contributed by atoms with Crippen LogP contribution in [0, 0.1) is 5.92 Å². The van der Waals surface area contributed by atoms with Gasteiger partial charge in [-0.05, 0) is 17.5 Å². The molecule has 0 spiro atoms. The Morgan fingerprint density at radius 3 is 2.74 bits per heavy atom. The highest BCUT2D eigenvalue weighted by atomic mass is 16.2. The van der Waals surface area contributed by atoms with E-state index in [9.17, 15) is 9.59 Å². The monoisotopic (exact) mass is 312 g/mol. The number of amides is 2. The molecule has 120 valence electrons. The highest BCUT2D eigenvalue weighted by Crippen LogP contribution is 2.27. The van der Waals surface area contributed by atoms with Crippen LogP contribution in [0.4, 0.5) is 5.69 Å². The molecule has 1 aliphatic heterocycles. The highest BCUT2D eigenvalue weighted by molar-refractivity contribution is 6.02. The standard InChI is InChI=1S/C17H20N4O2/c1-11(2)15-16(22)19-14-7-5-4-6-12(14)10-21(15)17(23)13-8-18-20(3)9-13/h4-9,11,15H,10H2,1-3H3,(H,19,22)/t15-/m0/s1. The number of nitrogens with zero attached hydrogens (tertiary/aromatic N) is 3. The molecular weight excluding hydrogens is 292 g/mol. The topological polar surface area (TPSA) is 67.2 Å². The summed E-state index contributed by atoms with van der Waals surface area (Å²) in [5, 5.41) is 7.00. The number of aryl methyl sites for hydroxylation is 1. The molecule has 1 aliphatic rings. The van der Waals surface area contributed by atoms with Crippen LogP contribution >= 0.6 is 0 Å². The number of nitrogens with one attached hydrogen (secondary N) is 1. The molecule has 6 heteroatoms. The Balaban J connectivity index is 2.03. The van der Waals surface area contributed by atoms with Crippen LogP contribution in [-0.4, -0.2) is 32.5 Å². The van der Waals surface area contributed by atoms with Crippen LogP contribution in [0.3, 0.4) is 0 Å². The smallest absolute Gasteiger partial charge is 0.258 e. The minimum atomic E-state index is -0.518. The van der Waals surface area contributed by atoms with Crippen LogP contribution in [0.1, 0.15) is 29.8 Å². The van der Waals surface area contributed by atoms with Crippen LogP contribution in [0.2, 0.25) is 0 Å². The lowest BCUT2D eigenvalue weighted by molar-refractivity contribution is -0.121. The van der Waals surface area contributed by atoms with Crippen molar-refractivity contribution in [3.63, 3.8) is 0 Å². The van der Waals surface area contributed by atoms with Gasteiger partial charge in [-0.25, -0.2) is 0 Å². The molecule has 2 heterocycles. The molecule has 1 N–H and O–H groups in total. The van der Waals surface area contributed by atoms with Crippen molar-refractivity contribution in [2.24, 2.45) is 13.0 Å². The molecule has 3 rings (SSSR count). The van der Waals surface area contributed by atoms with Gasteiger partial charge in [0.1, 0.15) is 6.04 Å². The van der Waals surface area contributed by atoms with Gasteiger partial charge in [0.15, 0.2) is 0 Å². The van der Waals surface area contributed by atoms with E-state index < -0.39 is 6.04 Å². The van der Waals surface area contributed by atoms with Crippen LogP contribution in [0.15, 0.2) is 36.7 Å². The molecule has 0 bridgehead atoms. The fraction of sp³-hybridized carbons (Fsp3) is 0.353. The van der Waals surface area contributed by atoms with Crippen molar-refractivity contribution >= 4 is 17.5 Å². The second-order valence-corrected chi connectivity index (χ2v) is 6.17. The van der Waals surface area contributed by atoms with Crippen LogP contribution < -0.4 is 5.32 Å². The zero-order valence-corrected chi connectivity index (χ0v) is 13.5. The van der Waals surface area contributed by atoms with Gasteiger partial charge < -0.3 is 10.2 Å². The second kappa shape index (κ2) is 5.87. The van der Waals surface area contributed by atoms with Gasteiger partial charge in [0.05, 0.1) is 11.8 Å². The third-order valence-corrected chi connectivity index (χ3v) is 4.06. The number of carbonyl (C=O) groups is 2. The average molecular weight is 312 g/mol. The molecule has 1 aromatic heterocycles. The summed E-state index contributed by atoms with van der Waals surface area (Å²) in [5.74, 6) is -0.323. The number of aromatic nitrogens is 2. The number of benzene rings is 1. The van der Waals surface area contributed by atoms with Gasteiger partial charge in [0.25, 0.3) is 5.91 Å². The summed E-state index contributed by atoms with van der Waals surface area (Å²) in [5.41, 5.74) is 2.19. The molecular formula is C17H20N4O2. The summed E-state index contributed by atoms with van der Waals surface area (Å²) in [6, 6.07) is 7.06. The lowest BCUT2D eigenvalue weighted by Gasteiger charge is -2.31. The maximum absolute atomic E-state index is 12.9. The minimum Gasteiger partial charge on any atom is -0.324 e. The molecule has 1 atom stereocenters. The van der Waals surface area contributed by atoms with E-state index in [1.54, 1.807) is 22.8 Å². The van der Waals surface area contributed by atoms with Crippen molar-refractivity contribution in [3.05, 3.63) is 47.8 Å². The van der Waals surface area contributed by atoms with Crippen LogP contribution in [-0.2, 0) is 18.4 Å². The summed E-state index contributed by atoms with van der Waals surface area (Å²) < 4.78 is 1.59. The molecule has 6 nitrogen and oxygen atoms in total. The van der Waals surface area contributed by atoms with E-state index in [0.29, 0.717) is 12.1 Å². The number of hydrogen-bond acceptors (Lipinski definition) is 3. The fourth-order valence-electron chi connectivity index (χ4n) is 2.97. The number of hydrogen-bond donors (Lipinski definition) is 1. The molecule has 0 saturated carbocycles. The average Bonchev–Trinajstić information content (AvgIpc) is 2.87. The lowest BCUT2D eigenvalue weighted by atomic mass is 10.0. The van der Waals surface area contributed by atoms with Gasteiger partial charge in [-0.1, -0.05) is 32.0 Å². The Morgan fingerprint density at radius 1 is 1.35 bits per heavy atom. The summed E-state index contributed by atoms with van der Waals surface area (Å²) >= 11 is 0. The molecule has 0 radical (unpaired) electrons. The van der Waals surface area contributed by atoms with E-state index in [1.807, 2.05) is 38.1 Å². The van der Waals surface area contributed by atoms with Gasteiger partial charge in [0.2, 0.25) is 5.91 Å². The molecule has 0 fully saturated rings. The Bertz CT molecular complexity index is 751. The minimum absolute atomic E-state index is 0.00457. The number of rotatable bonds is 2. The van der Waals surface area contributed by atoms with Crippen molar-refractivity contribution in [3.8, 4) is 0 Å². The van der Waals surface area contributed by atoms with Crippen molar-refractivity contribution in [2.45, 2.75) is 26.4 Å².